The molecule has 28 heavy (non-hydrogen) atoms. The summed E-state index contributed by atoms with van der Waals surface area (Å²) in [6.07, 6.45) is 1.38. The molecule has 4 unspecified atom stereocenters. The van der Waals surface area contributed by atoms with E-state index in [-0.39, 0.29) is 12.3 Å². The minimum atomic E-state index is -1.53. The van der Waals surface area contributed by atoms with Crippen LogP contribution >= 0.6 is 15.9 Å². The fourth-order valence-electron chi connectivity index (χ4n) is 4.44. The zero-order chi connectivity index (χ0) is 20.6. The lowest BCUT2D eigenvalue weighted by Crippen LogP contribution is -2.55. The third-order valence-electron chi connectivity index (χ3n) is 5.81. The third kappa shape index (κ3) is 3.11. The highest BCUT2D eigenvalue weighted by Gasteiger charge is 2.67. The molecule has 8 nitrogen and oxygen atoms in total. The summed E-state index contributed by atoms with van der Waals surface area (Å²) in [6.45, 7) is 0.430. The van der Waals surface area contributed by atoms with Gasteiger partial charge in [-0.1, -0.05) is 15.9 Å². The standard InChI is InChI=1S/C19H24BrN3O5/c1-23-16(24)13-14(17(23)25)19(18(26)27,7-3-4-8-21)22-15(13)11-9-10(20)5-6-12(11)28-2/h5-6,9,13-15,22H,3-4,7-8,21H2,1-2H3,(H,26,27). The van der Waals surface area contributed by atoms with E-state index in [1.807, 2.05) is 0 Å². The van der Waals surface area contributed by atoms with Crippen LogP contribution in [0, 0.1) is 11.8 Å². The van der Waals surface area contributed by atoms with Crippen molar-refractivity contribution in [1.82, 2.24) is 10.2 Å². The Labute approximate surface area is 171 Å². The van der Waals surface area contributed by atoms with Crippen LogP contribution in [0.25, 0.3) is 0 Å². The van der Waals surface area contributed by atoms with E-state index < -0.39 is 35.3 Å². The number of carboxylic acid groups (broad SMARTS) is 1. The maximum atomic E-state index is 12.9. The second-order valence-corrected chi connectivity index (χ2v) is 8.19. The second kappa shape index (κ2) is 7.81. The normalized spacial score (nSPS) is 29.3. The molecular weight excluding hydrogens is 430 g/mol. The number of nitrogens with two attached hydrogens (primary N) is 1. The van der Waals surface area contributed by atoms with E-state index in [1.54, 1.807) is 18.2 Å². The Bertz CT molecular complexity index is 817. The minimum absolute atomic E-state index is 0.209. The van der Waals surface area contributed by atoms with Crippen molar-refractivity contribution >= 4 is 33.7 Å². The molecule has 4 N–H and O–H groups in total. The molecule has 0 radical (unpaired) electrons. The summed E-state index contributed by atoms with van der Waals surface area (Å²) >= 11 is 3.42. The molecule has 152 valence electrons. The van der Waals surface area contributed by atoms with Gasteiger partial charge in [0.1, 0.15) is 11.3 Å². The Morgan fingerprint density at radius 2 is 2.07 bits per heavy atom. The van der Waals surface area contributed by atoms with Crippen LogP contribution in [0.3, 0.4) is 0 Å². The van der Waals surface area contributed by atoms with Crippen LogP contribution in [0.4, 0.5) is 0 Å². The first-order valence-corrected chi connectivity index (χ1v) is 9.93. The van der Waals surface area contributed by atoms with Crippen LogP contribution in [-0.2, 0) is 14.4 Å². The van der Waals surface area contributed by atoms with Gasteiger partial charge in [0.05, 0.1) is 18.9 Å². The summed E-state index contributed by atoms with van der Waals surface area (Å²) in [5.74, 6) is -3.24. The highest BCUT2D eigenvalue weighted by atomic mass is 79.9. The SMILES string of the molecule is COc1ccc(Br)cc1C1NC(CCCCN)(C(=O)O)C2C(=O)N(C)C(=O)C12. The lowest BCUT2D eigenvalue weighted by Gasteiger charge is -2.31. The average molecular weight is 454 g/mol. The number of aliphatic carboxylic acids is 1. The lowest BCUT2D eigenvalue weighted by atomic mass is 9.76. The molecule has 9 heteroatoms. The van der Waals surface area contributed by atoms with Crippen LogP contribution in [0.1, 0.15) is 30.9 Å². The van der Waals surface area contributed by atoms with Gasteiger partial charge in [-0.25, -0.2) is 0 Å². The maximum absolute atomic E-state index is 12.9. The predicted molar refractivity (Wildman–Crippen MR) is 105 cm³/mol. The van der Waals surface area contributed by atoms with E-state index in [4.69, 9.17) is 10.5 Å². The van der Waals surface area contributed by atoms with Gasteiger partial charge in [-0.15, -0.1) is 0 Å². The number of benzene rings is 1. The van der Waals surface area contributed by atoms with Crippen molar-refractivity contribution in [3.05, 3.63) is 28.2 Å². The molecule has 2 fully saturated rings. The molecule has 1 aromatic rings. The number of hydrogen-bond donors (Lipinski definition) is 3. The number of likely N-dealkylation sites (tertiary alicyclic amines) is 1. The van der Waals surface area contributed by atoms with Crippen molar-refractivity contribution in [3.63, 3.8) is 0 Å². The molecule has 2 aliphatic rings. The number of fused-ring (bicyclic) bond motifs is 1. The first-order chi connectivity index (χ1) is 13.3. The Hall–Kier alpha value is -1.97. The quantitative estimate of drug-likeness (QED) is 0.419. The molecule has 0 bridgehead atoms. The number of carbonyl (C=O) groups excluding carboxylic acids is 2. The maximum Gasteiger partial charge on any atom is 0.324 e. The number of nitrogens with zero attached hydrogens (tertiary/aromatic N) is 1. The third-order valence-corrected chi connectivity index (χ3v) is 6.30. The van der Waals surface area contributed by atoms with E-state index >= 15 is 0 Å². The molecule has 2 amide bonds. The van der Waals surface area contributed by atoms with Gasteiger partial charge in [-0.3, -0.25) is 24.6 Å². The van der Waals surface area contributed by atoms with Gasteiger partial charge in [0.15, 0.2) is 0 Å². The number of ether oxygens (including phenoxy) is 1. The van der Waals surface area contributed by atoms with Crippen LogP contribution in [-0.4, -0.2) is 54.0 Å². The number of halogens is 1. The molecule has 0 spiro atoms. The van der Waals surface area contributed by atoms with E-state index in [1.165, 1.54) is 14.2 Å². The number of imide groups is 1. The van der Waals surface area contributed by atoms with Gasteiger partial charge in [-0.05, 0) is 44.0 Å². The summed E-state index contributed by atoms with van der Waals surface area (Å²) in [7, 11) is 2.92. The molecule has 1 aromatic carbocycles. The van der Waals surface area contributed by atoms with E-state index in [0.717, 1.165) is 9.37 Å². The number of unbranched alkanes of at least 4 members (excludes halogenated alkanes) is 1. The zero-order valence-corrected chi connectivity index (χ0v) is 17.4. The molecule has 2 heterocycles. The van der Waals surface area contributed by atoms with E-state index in [9.17, 15) is 19.5 Å². The summed E-state index contributed by atoms with van der Waals surface area (Å²) < 4.78 is 6.21. The summed E-state index contributed by atoms with van der Waals surface area (Å²) in [5.41, 5.74) is 4.68. The second-order valence-electron chi connectivity index (χ2n) is 7.27. The van der Waals surface area contributed by atoms with Gasteiger partial charge >= 0.3 is 5.97 Å². The highest BCUT2D eigenvalue weighted by Crippen LogP contribution is 2.51. The Balaban J connectivity index is 2.13. The molecular formula is C19H24BrN3O5. The number of carbonyl (C=O) groups is 3. The minimum Gasteiger partial charge on any atom is -0.496 e. The number of rotatable bonds is 7. The highest BCUT2D eigenvalue weighted by molar-refractivity contribution is 9.10. The first kappa shape index (κ1) is 20.8. The Morgan fingerprint density at radius 3 is 2.68 bits per heavy atom. The number of methoxy groups -OCH3 is 1. The van der Waals surface area contributed by atoms with Crippen LogP contribution in [0.15, 0.2) is 22.7 Å². The van der Waals surface area contributed by atoms with Crippen LogP contribution < -0.4 is 15.8 Å². The Kier molecular flexibility index (Phi) is 5.79. The van der Waals surface area contributed by atoms with Gasteiger partial charge in [0, 0.05) is 23.1 Å². The van der Waals surface area contributed by atoms with E-state index in [0.29, 0.717) is 30.7 Å². The van der Waals surface area contributed by atoms with Gasteiger partial charge in [0.25, 0.3) is 0 Å². The average Bonchev–Trinajstić information content (AvgIpc) is 3.12. The largest absolute Gasteiger partial charge is 0.496 e. The molecule has 0 saturated carbocycles. The van der Waals surface area contributed by atoms with Crippen LogP contribution in [0.5, 0.6) is 5.75 Å². The number of nitrogens with one attached hydrogen (secondary N) is 1. The van der Waals surface area contributed by atoms with Crippen molar-refractivity contribution in [2.24, 2.45) is 17.6 Å². The van der Waals surface area contributed by atoms with Crippen molar-refractivity contribution in [2.45, 2.75) is 30.8 Å². The topological polar surface area (TPSA) is 122 Å². The van der Waals surface area contributed by atoms with Crippen LogP contribution in [0.2, 0.25) is 0 Å². The van der Waals surface area contributed by atoms with Crippen molar-refractivity contribution in [2.75, 3.05) is 20.7 Å². The monoisotopic (exact) mass is 453 g/mol. The van der Waals surface area contributed by atoms with Crippen molar-refractivity contribution in [1.29, 1.82) is 0 Å². The summed E-state index contributed by atoms with van der Waals surface area (Å²) in [5, 5.41) is 13.3. The van der Waals surface area contributed by atoms with Gasteiger partial charge in [0.2, 0.25) is 11.8 Å². The molecule has 4 atom stereocenters. The molecule has 2 aliphatic heterocycles. The zero-order valence-electron chi connectivity index (χ0n) is 15.8. The summed E-state index contributed by atoms with van der Waals surface area (Å²) in [6, 6.07) is 4.68. The smallest absolute Gasteiger partial charge is 0.324 e. The van der Waals surface area contributed by atoms with Gasteiger partial charge < -0.3 is 15.6 Å². The lowest BCUT2D eigenvalue weighted by molar-refractivity contribution is -0.151. The number of carboxylic acids is 1. The first-order valence-electron chi connectivity index (χ1n) is 9.14. The number of amides is 2. The molecule has 2 saturated heterocycles. The van der Waals surface area contributed by atoms with Gasteiger partial charge in [-0.2, -0.15) is 0 Å². The van der Waals surface area contributed by atoms with Crippen molar-refractivity contribution < 1.29 is 24.2 Å². The van der Waals surface area contributed by atoms with Crippen molar-refractivity contribution in [3.8, 4) is 5.75 Å². The number of hydrogen-bond acceptors (Lipinski definition) is 6. The molecule has 0 aromatic heterocycles. The Morgan fingerprint density at radius 1 is 1.36 bits per heavy atom. The molecule has 0 aliphatic carbocycles. The van der Waals surface area contributed by atoms with E-state index in [2.05, 4.69) is 21.2 Å². The molecule has 3 rings (SSSR count). The summed E-state index contributed by atoms with van der Waals surface area (Å²) in [4.78, 5) is 39.2. The fourth-order valence-corrected chi connectivity index (χ4v) is 4.82. The fraction of sp³-hybridized carbons (Fsp3) is 0.526. The predicted octanol–water partition coefficient (Wildman–Crippen LogP) is 1.29.